The summed E-state index contributed by atoms with van der Waals surface area (Å²) in [6.07, 6.45) is 3.11. The molecule has 7 heteroatoms. The van der Waals surface area contributed by atoms with Crippen molar-refractivity contribution in [2.24, 2.45) is 5.92 Å². The Bertz CT molecular complexity index is 894. The Morgan fingerprint density at radius 2 is 2.04 bits per heavy atom. The van der Waals surface area contributed by atoms with Gasteiger partial charge in [-0.15, -0.1) is 0 Å². The van der Waals surface area contributed by atoms with E-state index in [0.717, 1.165) is 33.2 Å². The van der Waals surface area contributed by atoms with Crippen LogP contribution in [-0.4, -0.2) is 25.2 Å². The average molecular weight is 424 g/mol. The topological polar surface area (TPSA) is 49.1 Å². The van der Waals surface area contributed by atoms with Gasteiger partial charge in [-0.2, -0.15) is 0 Å². The van der Waals surface area contributed by atoms with Crippen LogP contribution in [0.2, 0.25) is 10.0 Å². The van der Waals surface area contributed by atoms with Crippen LogP contribution in [0, 0.1) is 5.92 Å². The Labute approximate surface area is 174 Å². The van der Waals surface area contributed by atoms with Gasteiger partial charge in [0.25, 0.3) is 0 Å². The second kappa shape index (κ2) is 9.60. The summed E-state index contributed by atoms with van der Waals surface area (Å²) in [4.78, 5) is 4.19. The number of hydrogen-bond donors (Lipinski definition) is 3. The lowest BCUT2D eigenvalue weighted by Gasteiger charge is -2.08. The van der Waals surface area contributed by atoms with E-state index >= 15 is 0 Å². The van der Waals surface area contributed by atoms with Crippen LogP contribution in [0.3, 0.4) is 0 Å². The van der Waals surface area contributed by atoms with Crippen molar-refractivity contribution >= 4 is 51.7 Å². The van der Waals surface area contributed by atoms with E-state index in [-0.39, 0.29) is 0 Å². The number of methoxy groups -OCH3 is 1. The van der Waals surface area contributed by atoms with E-state index in [1.165, 1.54) is 31.5 Å². The van der Waals surface area contributed by atoms with Gasteiger partial charge in [0.05, 0.1) is 28.4 Å². The third kappa shape index (κ3) is 5.26. The molecule has 1 aromatic heterocycles. The minimum absolute atomic E-state index is 0.616. The Balaban J connectivity index is 0.000000299. The third-order valence-corrected chi connectivity index (χ3v) is 5.79. The van der Waals surface area contributed by atoms with Crippen molar-refractivity contribution in [1.82, 2.24) is 10.3 Å². The first-order valence-electron chi connectivity index (χ1n) is 8.81. The molecular weight excluding hydrogens is 401 g/mol. The molecule has 0 saturated carbocycles. The zero-order valence-corrected chi connectivity index (χ0v) is 17.6. The summed E-state index contributed by atoms with van der Waals surface area (Å²) in [5.41, 5.74) is 1.82. The van der Waals surface area contributed by atoms with Crippen molar-refractivity contribution < 1.29 is 4.74 Å². The van der Waals surface area contributed by atoms with Gasteiger partial charge in [-0.1, -0.05) is 36.2 Å². The molecule has 3 aromatic rings. The maximum atomic E-state index is 6.18. The van der Waals surface area contributed by atoms with E-state index in [4.69, 9.17) is 27.9 Å². The van der Waals surface area contributed by atoms with E-state index in [9.17, 15) is 0 Å². The molecule has 1 aliphatic heterocycles. The number of fused-ring (bicyclic) bond motifs is 1. The molecule has 0 bridgehead atoms. The molecule has 27 heavy (non-hydrogen) atoms. The highest BCUT2D eigenvalue weighted by molar-refractivity contribution is 8.00. The molecule has 1 fully saturated rings. The van der Waals surface area contributed by atoms with Gasteiger partial charge in [0.2, 0.25) is 0 Å². The van der Waals surface area contributed by atoms with Crippen LogP contribution < -0.4 is 14.8 Å². The van der Waals surface area contributed by atoms with E-state index in [1.54, 1.807) is 13.3 Å². The minimum Gasteiger partial charge on any atom is -0.497 e. The van der Waals surface area contributed by atoms with E-state index < -0.39 is 0 Å². The molecule has 0 spiro atoms. The number of halogens is 2. The first-order chi connectivity index (χ1) is 13.1. The standard InChI is InChI=1S/C15H12Cl2N2OS.C5H11N/c1-20-9-3-2-4-10(7-9)21-19-13-6-5-11(16)14-12(17)8-18-15(13)14;1-5-2-3-6-4-5/h2-8,18-19H,1H3;5-6H,2-4H2,1H3. The molecule has 0 radical (unpaired) electrons. The van der Waals surface area contributed by atoms with E-state index in [2.05, 4.69) is 21.9 Å². The summed E-state index contributed by atoms with van der Waals surface area (Å²) in [5, 5.41) is 5.35. The largest absolute Gasteiger partial charge is 0.497 e. The van der Waals surface area contributed by atoms with Gasteiger partial charge in [0, 0.05) is 16.5 Å². The number of aromatic nitrogens is 1. The zero-order valence-electron chi connectivity index (χ0n) is 15.3. The van der Waals surface area contributed by atoms with Crippen LogP contribution in [0.4, 0.5) is 5.69 Å². The average Bonchev–Trinajstić information content (AvgIpc) is 3.31. The van der Waals surface area contributed by atoms with Crippen molar-refractivity contribution in [1.29, 1.82) is 0 Å². The monoisotopic (exact) mass is 423 g/mol. The summed E-state index contributed by atoms with van der Waals surface area (Å²) in [5.74, 6) is 1.76. The Morgan fingerprint density at radius 1 is 1.19 bits per heavy atom. The Kier molecular flexibility index (Phi) is 7.19. The van der Waals surface area contributed by atoms with Crippen LogP contribution in [0.25, 0.3) is 10.9 Å². The van der Waals surface area contributed by atoms with Crippen molar-refractivity contribution in [3.05, 3.63) is 52.6 Å². The van der Waals surface area contributed by atoms with Gasteiger partial charge in [-0.25, -0.2) is 0 Å². The van der Waals surface area contributed by atoms with Gasteiger partial charge >= 0.3 is 0 Å². The number of rotatable bonds is 4. The fraction of sp³-hybridized carbons (Fsp3) is 0.300. The second-order valence-electron chi connectivity index (χ2n) is 6.46. The van der Waals surface area contributed by atoms with Gasteiger partial charge in [-0.3, -0.25) is 0 Å². The Hall–Kier alpha value is -1.53. The van der Waals surface area contributed by atoms with E-state index in [0.29, 0.717) is 10.0 Å². The fourth-order valence-corrected chi connectivity index (χ4v) is 4.11. The van der Waals surface area contributed by atoms with Gasteiger partial charge < -0.3 is 19.8 Å². The predicted octanol–water partition coefficient (Wildman–Crippen LogP) is 6.22. The summed E-state index contributed by atoms with van der Waals surface area (Å²) >= 11 is 13.8. The molecule has 2 aromatic carbocycles. The molecule has 0 amide bonds. The number of hydrogen-bond acceptors (Lipinski definition) is 4. The highest BCUT2D eigenvalue weighted by Gasteiger charge is 2.10. The SMILES string of the molecule is CC1CCNC1.COc1cccc(SNc2ccc(Cl)c3c(Cl)c[nH]c23)c1. The number of anilines is 1. The highest BCUT2D eigenvalue weighted by Crippen LogP contribution is 2.36. The van der Waals surface area contributed by atoms with Crippen LogP contribution in [0.1, 0.15) is 13.3 Å². The van der Waals surface area contributed by atoms with Crippen molar-refractivity contribution in [3.8, 4) is 5.75 Å². The zero-order chi connectivity index (χ0) is 19.2. The number of benzene rings is 2. The van der Waals surface area contributed by atoms with Crippen molar-refractivity contribution in [2.45, 2.75) is 18.2 Å². The highest BCUT2D eigenvalue weighted by atomic mass is 35.5. The molecule has 2 heterocycles. The molecule has 1 atom stereocenters. The number of ether oxygens (including phenoxy) is 1. The predicted molar refractivity (Wildman–Crippen MR) is 117 cm³/mol. The number of H-pyrrole nitrogens is 1. The van der Waals surface area contributed by atoms with Gasteiger partial charge in [-0.05, 0) is 67.7 Å². The molecule has 4 rings (SSSR count). The van der Waals surface area contributed by atoms with Crippen LogP contribution in [0.15, 0.2) is 47.5 Å². The normalized spacial score (nSPS) is 16.1. The molecule has 1 saturated heterocycles. The maximum Gasteiger partial charge on any atom is 0.120 e. The van der Waals surface area contributed by atoms with Crippen molar-refractivity contribution in [3.63, 3.8) is 0 Å². The molecular formula is C20H23Cl2N3OS. The van der Waals surface area contributed by atoms with Crippen LogP contribution in [-0.2, 0) is 0 Å². The first kappa shape index (κ1) is 20.2. The van der Waals surface area contributed by atoms with Crippen LogP contribution in [0.5, 0.6) is 5.75 Å². The molecule has 4 nitrogen and oxygen atoms in total. The first-order valence-corrected chi connectivity index (χ1v) is 10.4. The van der Waals surface area contributed by atoms with E-state index in [1.807, 2.05) is 36.4 Å². The minimum atomic E-state index is 0.616. The quantitative estimate of drug-likeness (QED) is 0.436. The summed E-state index contributed by atoms with van der Waals surface area (Å²) in [7, 11) is 1.65. The van der Waals surface area contributed by atoms with Crippen molar-refractivity contribution in [2.75, 3.05) is 24.9 Å². The summed E-state index contributed by atoms with van der Waals surface area (Å²) in [6, 6.07) is 11.6. The smallest absolute Gasteiger partial charge is 0.120 e. The van der Waals surface area contributed by atoms with Crippen LogP contribution >= 0.6 is 35.1 Å². The van der Waals surface area contributed by atoms with Gasteiger partial charge in [0.1, 0.15) is 5.75 Å². The number of nitrogens with one attached hydrogen (secondary N) is 3. The molecule has 1 aliphatic rings. The third-order valence-electron chi connectivity index (χ3n) is 4.36. The maximum absolute atomic E-state index is 6.18. The molecule has 0 aliphatic carbocycles. The Morgan fingerprint density at radius 3 is 2.70 bits per heavy atom. The lowest BCUT2D eigenvalue weighted by molar-refractivity contribution is 0.413. The fourth-order valence-electron chi connectivity index (χ4n) is 2.83. The molecule has 1 unspecified atom stereocenters. The summed E-state index contributed by atoms with van der Waals surface area (Å²) < 4.78 is 8.52. The lowest BCUT2D eigenvalue weighted by Crippen LogP contribution is -2.06. The van der Waals surface area contributed by atoms with Gasteiger partial charge in [0.15, 0.2) is 0 Å². The number of aromatic amines is 1. The lowest BCUT2D eigenvalue weighted by atomic mass is 10.2. The summed E-state index contributed by atoms with van der Waals surface area (Å²) in [6.45, 7) is 4.75. The second-order valence-corrected chi connectivity index (χ2v) is 8.16. The molecule has 144 valence electrons. The molecule has 3 N–H and O–H groups in total.